The highest BCUT2D eigenvalue weighted by atomic mass is 19.4. The number of anilines is 1. The third kappa shape index (κ3) is 3.53. The van der Waals surface area contributed by atoms with Crippen molar-refractivity contribution in [2.75, 3.05) is 25.1 Å². The van der Waals surface area contributed by atoms with E-state index in [1.165, 1.54) is 6.07 Å². The lowest BCUT2D eigenvalue weighted by Gasteiger charge is -2.17. The number of ether oxygens (including phenoxy) is 1. The van der Waals surface area contributed by atoms with E-state index in [0.29, 0.717) is 25.3 Å². The number of alkyl halides is 3. The van der Waals surface area contributed by atoms with E-state index in [9.17, 15) is 13.2 Å². The summed E-state index contributed by atoms with van der Waals surface area (Å²) in [6.45, 7) is 3.07. The smallest absolute Gasteiger partial charge is 0.379 e. The lowest BCUT2D eigenvalue weighted by molar-refractivity contribution is -0.137. The van der Waals surface area contributed by atoms with Crippen molar-refractivity contribution in [2.24, 2.45) is 5.92 Å². The molecule has 3 heterocycles. The van der Waals surface area contributed by atoms with Gasteiger partial charge in [-0.2, -0.15) is 13.2 Å². The number of rotatable bonds is 4. The van der Waals surface area contributed by atoms with Crippen LogP contribution >= 0.6 is 0 Å². The van der Waals surface area contributed by atoms with Gasteiger partial charge >= 0.3 is 6.18 Å². The molecule has 0 aromatic carbocycles. The van der Waals surface area contributed by atoms with Crippen molar-refractivity contribution in [2.45, 2.75) is 25.6 Å². The largest absolute Gasteiger partial charge is 0.417 e. The van der Waals surface area contributed by atoms with Crippen molar-refractivity contribution in [3.63, 3.8) is 0 Å². The Kier molecular flexibility index (Phi) is 4.49. The van der Waals surface area contributed by atoms with Crippen molar-refractivity contribution >= 4 is 5.82 Å². The molecule has 0 aliphatic carbocycles. The average molecular weight is 341 g/mol. The van der Waals surface area contributed by atoms with Crippen LogP contribution in [0.25, 0.3) is 0 Å². The van der Waals surface area contributed by atoms with Crippen molar-refractivity contribution < 1.29 is 22.4 Å². The molecular weight excluding hydrogens is 323 g/mol. The van der Waals surface area contributed by atoms with Gasteiger partial charge in [-0.25, -0.2) is 4.98 Å². The highest BCUT2D eigenvalue weighted by Crippen LogP contribution is 2.31. The van der Waals surface area contributed by atoms with Gasteiger partial charge in [0.2, 0.25) is 0 Å². The third-order valence-corrected chi connectivity index (χ3v) is 4.22. The molecule has 0 bridgehead atoms. The molecule has 1 saturated heterocycles. The molecule has 0 N–H and O–H groups in total. The summed E-state index contributed by atoms with van der Waals surface area (Å²) in [5.74, 6) is 1.45. The van der Waals surface area contributed by atoms with E-state index in [-0.39, 0.29) is 12.0 Å². The van der Waals surface area contributed by atoms with E-state index < -0.39 is 11.7 Å². The van der Waals surface area contributed by atoms with Gasteiger partial charge < -0.3 is 14.2 Å². The maximum absolute atomic E-state index is 12.6. The van der Waals surface area contributed by atoms with Gasteiger partial charge in [-0.05, 0) is 19.1 Å². The Labute approximate surface area is 137 Å². The molecule has 2 aromatic rings. The lowest BCUT2D eigenvalue weighted by Crippen LogP contribution is -2.23. The maximum Gasteiger partial charge on any atom is 0.417 e. The molecule has 1 aliphatic rings. The molecule has 0 unspecified atom stereocenters. The molecule has 3 rings (SSSR count). The summed E-state index contributed by atoms with van der Waals surface area (Å²) in [6, 6.07) is 4.33. The molecule has 0 radical (unpaired) electrons. The zero-order valence-electron chi connectivity index (χ0n) is 13.4. The van der Waals surface area contributed by atoms with Crippen molar-refractivity contribution in [1.29, 1.82) is 0 Å². The first-order valence-electron chi connectivity index (χ1n) is 7.60. The summed E-state index contributed by atoms with van der Waals surface area (Å²) in [4.78, 5) is 5.89. The summed E-state index contributed by atoms with van der Waals surface area (Å²) < 4.78 is 48.7. The highest BCUT2D eigenvalue weighted by molar-refractivity contribution is 5.41. The second-order valence-electron chi connectivity index (χ2n) is 5.98. The van der Waals surface area contributed by atoms with Gasteiger partial charge in [-0.1, -0.05) is 5.16 Å². The van der Waals surface area contributed by atoms with Gasteiger partial charge in [-0.15, -0.1) is 0 Å². The first-order chi connectivity index (χ1) is 11.4. The first-order valence-corrected chi connectivity index (χ1v) is 7.60. The number of nitrogens with zero attached hydrogens (tertiary/aromatic N) is 3. The highest BCUT2D eigenvalue weighted by Gasteiger charge is 2.35. The standard InChI is InChI=1S/C16H18F3N3O2/c1-10-5-13(24-21-10)6-11-8-22(9-14(11)23-2)15-4-3-12(7-20-15)16(17,18)19/h3-5,7,11,14H,6,8-9H2,1-2H3/t11-,14+/m1/s1. The maximum atomic E-state index is 12.6. The van der Waals surface area contributed by atoms with Crippen molar-refractivity contribution in [1.82, 2.24) is 10.1 Å². The molecule has 2 atom stereocenters. The van der Waals surface area contributed by atoms with Crippen molar-refractivity contribution in [3.8, 4) is 0 Å². The van der Waals surface area contributed by atoms with E-state index in [1.807, 2.05) is 17.9 Å². The number of aryl methyl sites for hydroxylation is 1. The Balaban J connectivity index is 1.71. The normalized spacial score (nSPS) is 21.5. The van der Waals surface area contributed by atoms with Crippen LogP contribution in [-0.2, 0) is 17.3 Å². The minimum atomic E-state index is -4.38. The molecule has 8 heteroatoms. The fourth-order valence-corrected chi connectivity index (χ4v) is 3.00. The van der Waals surface area contributed by atoms with Crippen LogP contribution in [0.15, 0.2) is 28.9 Å². The minimum Gasteiger partial charge on any atom is -0.379 e. The fraction of sp³-hybridized carbons (Fsp3) is 0.500. The van der Waals surface area contributed by atoms with Gasteiger partial charge in [0.25, 0.3) is 0 Å². The second-order valence-corrected chi connectivity index (χ2v) is 5.98. The molecule has 2 aromatic heterocycles. The molecule has 24 heavy (non-hydrogen) atoms. The van der Waals surface area contributed by atoms with Crippen molar-refractivity contribution in [3.05, 3.63) is 41.4 Å². The minimum absolute atomic E-state index is 0.0421. The molecule has 1 aliphatic heterocycles. The summed E-state index contributed by atoms with van der Waals surface area (Å²) in [6.07, 6.45) is -2.89. The van der Waals surface area contributed by atoms with Gasteiger partial charge in [-0.3, -0.25) is 0 Å². The molecule has 5 nitrogen and oxygen atoms in total. The van der Waals surface area contributed by atoms with Crippen LogP contribution in [0, 0.1) is 12.8 Å². The topological polar surface area (TPSA) is 51.4 Å². The summed E-state index contributed by atoms with van der Waals surface area (Å²) in [5.41, 5.74) is 0.0700. The van der Waals surface area contributed by atoms with E-state index >= 15 is 0 Å². The molecule has 0 spiro atoms. The molecule has 130 valence electrons. The quantitative estimate of drug-likeness (QED) is 0.855. The van der Waals surface area contributed by atoms with Crippen LogP contribution in [0.2, 0.25) is 0 Å². The van der Waals surface area contributed by atoms with Gasteiger partial charge in [0.05, 0.1) is 17.4 Å². The van der Waals surface area contributed by atoms with E-state index in [2.05, 4.69) is 10.1 Å². The molecule has 1 fully saturated rings. The monoisotopic (exact) mass is 341 g/mol. The number of methoxy groups -OCH3 is 1. The molecule has 0 amide bonds. The average Bonchev–Trinajstić information content (AvgIpc) is 3.13. The molecular formula is C16H18F3N3O2. The van der Waals surface area contributed by atoms with Gasteiger partial charge in [0.1, 0.15) is 11.6 Å². The third-order valence-electron chi connectivity index (χ3n) is 4.22. The van der Waals surface area contributed by atoms with Crippen LogP contribution in [0.1, 0.15) is 17.0 Å². The number of hydrogen-bond donors (Lipinski definition) is 0. The number of pyridine rings is 1. The van der Waals surface area contributed by atoms with Crippen LogP contribution in [-0.4, -0.2) is 36.4 Å². The summed E-state index contributed by atoms with van der Waals surface area (Å²) >= 11 is 0. The Morgan fingerprint density at radius 3 is 2.67 bits per heavy atom. The van der Waals surface area contributed by atoms with Gasteiger partial charge in [0, 0.05) is 44.8 Å². The SMILES string of the molecule is CO[C@H]1CN(c2ccc(C(F)(F)F)cn2)C[C@H]1Cc1cc(C)no1. The van der Waals surface area contributed by atoms with Crippen LogP contribution in [0.3, 0.4) is 0 Å². The van der Waals surface area contributed by atoms with E-state index in [4.69, 9.17) is 9.26 Å². The predicted octanol–water partition coefficient (Wildman–Crippen LogP) is 3.09. The summed E-state index contributed by atoms with van der Waals surface area (Å²) in [5, 5.41) is 3.87. The van der Waals surface area contributed by atoms with Crippen LogP contribution in [0.4, 0.5) is 19.0 Å². The van der Waals surface area contributed by atoms with E-state index in [0.717, 1.165) is 23.7 Å². The zero-order chi connectivity index (χ0) is 17.3. The number of aromatic nitrogens is 2. The van der Waals surface area contributed by atoms with Crippen LogP contribution < -0.4 is 4.90 Å². The zero-order valence-corrected chi connectivity index (χ0v) is 13.4. The summed E-state index contributed by atoms with van der Waals surface area (Å²) in [7, 11) is 1.63. The van der Waals surface area contributed by atoms with E-state index in [1.54, 1.807) is 7.11 Å². The Morgan fingerprint density at radius 1 is 1.33 bits per heavy atom. The lowest BCUT2D eigenvalue weighted by atomic mass is 10.0. The van der Waals surface area contributed by atoms with Crippen LogP contribution in [0.5, 0.6) is 0 Å². The van der Waals surface area contributed by atoms with Gasteiger partial charge in [0.15, 0.2) is 0 Å². The Hall–Kier alpha value is -2.09. The fourth-order valence-electron chi connectivity index (χ4n) is 3.00. The predicted molar refractivity (Wildman–Crippen MR) is 80.7 cm³/mol. The Bertz CT molecular complexity index is 685. The second kappa shape index (κ2) is 6.43. The Morgan fingerprint density at radius 2 is 2.12 bits per heavy atom. The number of hydrogen-bond acceptors (Lipinski definition) is 5. The number of halogens is 3. The first kappa shape index (κ1) is 16.8. The molecule has 0 saturated carbocycles.